The van der Waals surface area contributed by atoms with E-state index < -0.39 is 72.6 Å². The van der Waals surface area contributed by atoms with Crippen molar-refractivity contribution in [3.05, 3.63) is 0 Å². The molecule has 12 heteroatoms. The van der Waals surface area contributed by atoms with Gasteiger partial charge >= 0.3 is 17.9 Å². The van der Waals surface area contributed by atoms with Crippen LogP contribution in [0.15, 0.2) is 0 Å². The summed E-state index contributed by atoms with van der Waals surface area (Å²) in [6.45, 7) is 13.0. The van der Waals surface area contributed by atoms with Gasteiger partial charge in [0.25, 0.3) is 17.7 Å². The van der Waals surface area contributed by atoms with Crippen molar-refractivity contribution in [1.29, 1.82) is 0 Å². The third kappa shape index (κ3) is 8.65. The van der Waals surface area contributed by atoms with E-state index in [-0.39, 0.29) is 17.8 Å². The third-order valence-electron chi connectivity index (χ3n) is 8.23. The van der Waals surface area contributed by atoms with Crippen LogP contribution in [-0.2, 0) is 43.0 Å². The van der Waals surface area contributed by atoms with Crippen LogP contribution in [0.4, 0.5) is 0 Å². The molecule has 1 rings (SSSR count). The predicted molar refractivity (Wildman–Crippen MR) is 150 cm³/mol. The molecule has 0 saturated carbocycles. The van der Waals surface area contributed by atoms with Crippen LogP contribution in [0, 0.1) is 17.8 Å². The van der Waals surface area contributed by atoms with Crippen LogP contribution in [0.25, 0.3) is 0 Å². The highest BCUT2D eigenvalue weighted by molar-refractivity contribution is 5.93. The van der Waals surface area contributed by atoms with Crippen LogP contribution in [0.3, 0.4) is 0 Å². The molecule has 0 N–H and O–H groups in total. The Kier molecular flexibility index (Phi) is 13.7. The highest BCUT2D eigenvalue weighted by atomic mass is 16.6. The van der Waals surface area contributed by atoms with Gasteiger partial charge in [-0.15, -0.1) is 0 Å². The van der Waals surface area contributed by atoms with Crippen LogP contribution in [0.1, 0.15) is 74.7 Å². The van der Waals surface area contributed by atoms with E-state index in [9.17, 15) is 28.8 Å². The summed E-state index contributed by atoms with van der Waals surface area (Å²) >= 11 is 0. The molecular formula is C29H49N3O9. The molecule has 0 bridgehead atoms. The lowest BCUT2D eigenvalue weighted by Crippen LogP contribution is -2.55. The first-order valence-electron chi connectivity index (χ1n) is 14.4. The lowest BCUT2D eigenvalue weighted by atomic mass is 9.96. The Morgan fingerprint density at radius 3 is 1.27 bits per heavy atom. The topological polar surface area (TPSA) is 140 Å². The molecule has 0 aromatic rings. The van der Waals surface area contributed by atoms with E-state index in [4.69, 9.17) is 14.2 Å². The van der Waals surface area contributed by atoms with Crippen molar-refractivity contribution in [3.8, 4) is 0 Å². The summed E-state index contributed by atoms with van der Waals surface area (Å²) in [7, 11) is 4.23. The molecule has 1 aliphatic rings. The second kappa shape index (κ2) is 15.7. The second-order valence-corrected chi connectivity index (χ2v) is 11.2. The maximum atomic E-state index is 13.4. The van der Waals surface area contributed by atoms with Gasteiger partial charge in [-0.25, -0.2) is 14.4 Å². The maximum Gasteiger partial charge on any atom is 0.329 e. The number of esters is 3. The number of rotatable bonds is 6. The number of carbonyl (C=O) groups excluding carboxylic acids is 6. The molecule has 3 amide bonds. The van der Waals surface area contributed by atoms with Crippen molar-refractivity contribution in [3.63, 3.8) is 0 Å². The number of cyclic esters (lactones) is 3. The van der Waals surface area contributed by atoms with Crippen molar-refractivity contribution in [2.45, 2.75) is 105 Å². The number of amides is 3. The molecule has 8 atom stereocenters. The minimum atomic E-state index is -1.28. The molecule has 234 valence electrons. The molecule has 0 radical (unpaired) electrons. The van der Waals surface area contributed by atoms with Crippen LogP contribution >= 0.6 is 0 Å². The standard InChI is InChI=1S/C29H49N3O9/c1-12-16(4)22-27(36)39-15-21(33)30(9)23(17(5)13-2)28(37)40-20(8)26(35)32(11)24(18(6)14-3)29(38)41-19(7)25(34)31(22)10/h16-20,22-24H,12-15H2,1-11H3/t16?,17?,18?,19-,20-,22+,23+,24+/m1/s1. The highest BCUT2D eigenvalue weighted by Gasteiger charge is 2.41. The minimum Gasteiger partial charge on any atom is -0.454 e. The van der Waals surface area contributed by atoms with Gasteiger partial charge < -0.3 is 28.9 Å². The van der Waals surface area contributed by atoms with Crippen molar-refractivity contribution < 1.29 is 43.0 Å². The molecule has 0 aromatic heterocycles. The van der Waals surface area contributed by atoms with Gasteiger partial charge in [-0.1, -0.05) is 60.8 Å². The molecule has 1 heterocycles. The molecular weight excluding hydrogens is 534 g/mol. The third-order valence-corrected chi connectivity index (χ3v) is 8.23. The Bertz CT molecular complexity index is 963. The monoisotopic (exact) mass is 583 g/mol. The van der Waals surface area contributed by atoms with Gasteiger partial charge in [-0.3, -0.25) is 14.4 Å². The van der Waals surface area contributed by atoms with Crippen LogP contribution in [0.5, 0.6) is 0 Å². The number of nitrogens with zero attached hydrogens (tertiary/aromatic N) is 3. The first-order valence-corrected chi connectivity index (χ1v) is 14.4. The van der Waals surface area contributed by atoms with E-state index in [0.717, 1.165) is 4.90 Å². The van der Waals surface area contributed by atoms with Gasteiger partial charge in [0.1, 0.15) is 18.1 Å². The average molecular weight is 584 g/mol. The number of ether oxygens (including phenoxy) is 3. The SMILES string of the molecule is CCC(C)[C@H]1C(=O)O[C@H](C)C(=O)N(C)[C@@H](C(C)CC)C(=O)O[C@H](C)C(=O)N(C)[C@@H](C(C)CC)C(=O)OCC(=O)N1C. The van der Waals surface area contributed by atoms with E-state index in [0.29, 0.717) is 19.3 Å². The summed E-state index contributed by atoms with van der Waals surface area (Å²) in [4.78, 5) is 83.1. The number of hydrogen-bond donors (Lipinski definition) is 0. The minimum absolute atomic E-state index is 0.348. The summed E-state index contributed by atoms with van der Waals surface area (Å²) in [5.41, 5.74) is 0. The van der Waals surface area contributed by atoms with E-state index in [1.54, 1.807) is 20.8 Å². The molecule has 12 nitrogen and oxygen atoms in total. The molecule has 1 aliphatic heterocycles. The lowest BCUT2D eigenvalue weighted by Gasteiger charge is -2.36. The highest BCUT2D eigenvalue weighted by Crippen LogP contribution is 2.22. The van der Waals surface area contributed by atoms with Gasteiger partial charge in [0.2, 0.25) is 0 Å². The van der Waals surface area contributed by atoms with Gasteiger partial charge in [-0.2, -0.15) is 0 Å². The van der Waals surface area contributed by atoms with Gasteiger partial charge in [0.05, 0.1) is 0 Å². The second-order valence-electron chi connectivity index (χ2n) is 11.2. The lowest BCUT2D eigenvalue weighted by molar-refractivity contribution is -0.175. The molecule has 3 unspecified atom stereocenters. The zero-order chi connectivity index (χ0) is 31.8. The van der Waals surface area contributed by atoms with E-state index in [1.165, 1.54) is 44.8 Å². The Hall–Kier alpha value is -3.18. The zero-order valence-corrected chi connectivity index (χ0v) is 26.5. The summed E-state index contributed by atoms with van der Waals surface area (Å²) in [5, 5.41) is 0. The quantitative estimate of drug-likeness (QED) is 0.339. The Labute approximate surface area is 244 Å². The first-order chi connectivity index (χ1) is 19.0. The molecule has 1 saturated heterocycles. The zero-order valence-electron chi connectivity index (χ0n) is 26.5. The largest absolute Gasteiger partial charge is 0.454 e. The fraction of sp³-hybridized carbons (Fsp3) is 0.793. The smallest absolute Gasteiger partial charge is 0.329 e. The maximum absolute atomic E-state index is 13.4. The van der Waals surface area contributed by atoms with E-state index in [2.05, 4.69) is 0 Å². The molecule has 0 aliphatic carbocycles. The van der Waals surface area contributed by atoms with E-state index in [1.807, 2.05) is 20.8 Å². The summed E-state index contributed by atoms with van der Waals surface area (Å²) in [6, 6.07) is -3.19. The molecule has 0 aromatic carbocycles. The Balaban J connectivity index is 3.63. The van der Waals surface area contributed by atoms with Gasteiger partial charge in [-0.05, 0) is 31.6 Å². The van der Waals surface area contributed by atoms with Crippen molar-refractivity contribution >= 4 is 35.6 Å². The van der Waals surface area contributed by atoms with Gasteiger partial charge in [0.15, 0.2) is 18.8 Å². The van der Waals surface area contributed by atoms with Gasteiger partial charge in [0, 0.05) is 21.1 Å². The fourth-order valence-corrected chi connectivity index (χ4v) is 4.90. The van der Waals surface area contributed by atoms with Crippen molar-refractivity contribution in [1.82, 2.24) is 14.7 Å². The number of carbonyl (C=O) groups is 6. The predicted octanol–water partition coefficient (Wildman–Crippen LogP) is 2.03. The van der Waals surface area contributed by atoms with Crippen molar-refractivity contribution in [2.24, 2.45) is 17.8 Å². The fourth-order valence-electron chi connectivity index (χ4n) is 4.90. The summed E-state index contributed by atoms with van der Waals surface area (Å²) in [6.07, 6.45) is -1.01. The van der Waals surface area contributed by atoms with Crippen LogP contribution < -0.4 is 0 Å². The van der Waals surface area contributed by atoms with Crippen LogP contribution in [-0.4, -0.2) is 108 Å². The van der Waals surface area contributed by atoms with Crippen LogP contribution in [0.2, 0.25) is 0 Å². The Morgan fingerprint density at radius 1 is 0.610 bits per heavy atom. The molecule has 1 fully saturated rings. The summed E-state index contributed by atoms with van der Waals surface area (Å²) in [5.74, 6) is -5.36. The Morgan fingerprint density at radius 2 is 0.927 bits per heavy atom. The molecule has 0 spiro atoms. The van der Waals surface area contributed by atoms with Crippen molar-refractivity contribution in [2.75, 3.05) is 27.7 Å². The normalized spacial score (nSPS) is 28.8. The summed E-state index contributed by atoms with van der Waals surface area (Å²) < 4.78 is 16.4. The average Bonchev–Trinajstić information content (AvgIpc) is 2.93. The van der Waals surface area contributed by atoms with E-state index >= 15 is 0 Å². The number of likely N-dealkylation sites (N-methyl/N-ethyl adjacent to an activating group) is 3. The molecule has 41 heavy (non-hydrogen) atoms. The number of hydrogen-bond acceptors (Lipinski definition) is 9. The first kappa shape index (κ1) is 35.8.